The van der Waals surface area contributed by atoms with Crippen LogP contribution in [0.3, 0.4) is 0 Å². The molecule has 0 saturated heterocycles. The Morgan fingerprint density at radius 3 is 2.88 bits per heavy atom. The first-order valence-electron chi connectivity index (χ1n) is 5.59. The fourth-order valence-corrected chi connectivity index (χ4v) is 1.97. The quantitative estimate of drug-likeness (QED) is 0.878. The molecule has 1 N–H and O–H groups in total. The molecule has 1 aromatic heterocycles. The predicted octanol–water partition coefficient (Wildman–Crippen LogP) is 2.05. The van der Waals surface area contributed by atoms with Crippen LogP contribution in [0.4, 0.5) is 5.82 Å². The van der Waals surface area contributed by atoms with E-state index in [-0.39, 0.29) is 10.6 Å². The Morgan fingerprint density at radius 2 is 2.31 bits per heavy atom. The largest absolute Gasteiger partial charge is 0.352 e. The second-order valence-electron chi connectivity index (χ2n) is 4.65. The van der Waals surface area contributed by atoms with Gasteiger partial charge >= 0.3 is 0 Å². The Balaban J connectivity index is 2.31. The minimum Gasteiger partial charge on any atom is -0.352 e. The number of nitrogens with one attached hydrogen (secondary N) is 1. The van der Waals surface area contributed by atoms with Crippen LogP contribution in [0.2, 0.25) is 5.02 Å². The van der Waals surface area contributed by atoms with Gasteiger partial charge in [0.1, 0.15) is 5.02 Å². The number of aromatic amines is 1. The monoisotopic (exact) mass is 241 g/mol. The first-order chi connectivity index (χ1) is 7.59. The molecule has 16 heavy (non-hydrogen) atoms. The van der Waals surface area contributed by atoms with Crippen molar-refractivity contribution in [3.8, 4) is 0 Å². The normalized spacial score (nSPS) is 15.5. The zero-order chi connectivity index (χ0) is 11.7. The summed E-state index contributed by atoms with van der Waals surface area (Å²) in [7, 11) is 0. The fourth-order valence-electron chi connectivity index (χ4n) is 1.76. The Morgan fingerprint density at radius 1 is 1.62 bits per heavy atom. The smallest absolute Gasteiger partial charge is 0.271 e. The van der Waals surface area contributed by atoms with Crippen LogP contribution < -0.4 is 10.5 Å². The van der Waals surface area contributed by atoms with E-state index in [9.17, 15) is 4.79 Å². The fraction of sp³-hybridized carbons (Fsp3) is 0.636. The zero-order valence-electron chi connectivity index (χ0n) is 9.53. The summed E-state index contributed by atoms with van der Waals surface area (Å²) in [5.74, 6) is 1.15. The molecule has 0 radical (unpaired) electrons. The second kappa shape index (κ2) is 4.45. The van der Waals surface area contributed by atoms with Gasteiger partial charge in [0, 0.05) is 12.6 Å². The van der Waals surface area contributed by atoms with Gasteiger partial charge < -0.3 is 9.88 Å². The van der Waals surface area contributed by atoms with E-state index in [0.717, 1.165) is 19.4 Å². The third-order valence-electron chi connectivity index (χ3n) is 2.60. The molecule has 0 aliphatic heterocycles. The van der Waals surface area contributed by atoms with Crippen molar-refractivity contribution in [3.63, 3.8) is 0 Å². The molecule has 1 aliphatic rings. The SMILES string of the molecule is CC(C)CN(c1nc[nH]c(=O)c1Cl)C1CC1. The van der Waals surface area contributed by atoms with Gasteiger partial charge in [-0.2, -0.15) is 0 Å². The van der Waals surface area contributed by atoms with Gasteiger partial charge in [-0.3, -0.25) is 4.79 Å². The molecule has 0 aromatic carbocycles. The van der Waals surface area contributed by atoms with Crippen molar-refractivity contribution >= 4 is 17.4 Å². The number of halogens is 1. The summed E-state index contributed by atoms with van der Waals surface area (Å²) < 4.78 is 0. The summed E-state index contributed by atoms with van der Waals surface area (Å²) in [6, 6.07) is 0.509. The molecule has 1 heterocycles. The zero-order valence-corrected chi connectivity index (χ0v) is 10.3. The second-order valence-corrected chi connectivity index (χ2v) is 5.02. The van der Waals surface area contributed by atoms with Gasteiger partial charge in [0.05, 0.1) is 6.33 Å². The summed E-state index contributed by atoms with van der Waals surface area (Å²) in [4.78, 5) is 20.2. The third-order valence-corrected chi connectivity index (χ3v) is 2.94. The maximum absolute atomic E-state index is 11.4. The van der Waals surface area contributed by atoms with Crippen LogP contribution in [0.5, 0.6) is 0 Å². The number of hydrogen-bond acceptors (Lipinski definition) is 3. The highest BCUT2D eigenvalue weighted by Crippen LogP contribution is 2.33. The molecule has 2 rings (SSSR count). The Hall–Kier alpha value is -1.03. The van der Waals surface area contributed by atoms with E-state index in [2.05, 4.69) is 28.7 Å². The molecular formula is C11H16ClN3O. The predicted molar refractivity (Wildman–Crippen MR) is 65.1 cm³/mol. The van der Waals surface area contributed by atoms with Crippen molar-refractivity contribution in [1.29, 1.82) is 0 Å². The lowest BCUT2D eigenvalue weighted by molar-refractivity contribution is 0.602. The van der Waals surface area contributed by atoms with Crippen LogP contribution in [0.15, 0.2) is 11.1 Å². The molecule has 0 bridgehead atoms. The molecule has 0 amide bonds. The molecule has 5 heteroatoms. The van der Waals surface area contributed by atoms with Crippen LogP contribution in [0, 0.1) is 5.92 Å². The van der Waals surface area contributed by atoms with Crippen molar-refractivity contribution in [3.05, 3.63) is 21.7 Å². The average Bonchev–Trinajstić information content (AvgIpc) is 3.02. The lowest BCUT2D eigenvalue weighted by atomic mass is 10.2. The van der Waals surface area contributed by atoms with Crippen molar-refractivity contribution in [1.82, 2.24) is 9.97 Å². The van der Waals surface area contributed by atoms with Crippen LogP contribution in [-0.2, 0) is 0 Å². The summed E-state index contributed by atoms with van der Waals surface area (Å²) in [5.41, 5.74) is -0.263. The number of rotatable bonds is 4. The van der Waals surface area contributed by atoms with Crippen molar-refractivity contribution in [2.75, 3.05) is 11.4 Å². The maximum Gasteiger partial charge on any atom is 0.271 e. The average molecular weight is 242 g/mol. The van der Waals surface area contributed by atoms with Gasteiger partial charge in [-0.25, -0.2) is 4.98 Å². The van der Waals surface area contributed by atoms with Crippen LogP contribution in [-0.4, -0.2) is 22.6 Å². The molecule has 4 nitrogen and oxygen atoms in total. The Labute approximate surface area is 99.6 Å². The van der Waals surface area contributed by atoms with E-state index in [1.807, 2.05) is 0 Å². The van der Waals surface area contributed by atoms with Crippen molar-refractivity contribution < 1.29 is 0 Å². The third kappa shape index (κ3) is 2.38. The molecule has 1 aromatic rings. The van der Waals surface area contributed by atoms with E-state index in [0.29, 0.717) is 17.8 Å². The summed E-state index contributed by atoms with van der Waals surface area (Å²) in [5, 5.41) is 0.204. The van der Waals surface area contributed by atoms with Crippen LogP contribution >= 0.6 is 11.6 Å². The van der Waals surface area contributed by atoms with Gasteiger partial charge in [0.15, 0.2) is 5.82 Å². The lowest BCUT2D eigenvalue weighted by Gasteiger charge is -2.25. The molecule has 1 fully saturated rings. The molecule has 88 valence electrons. The maximum atomic E-state index is 11.4. The Bertz CT molecular complexity index is 425. The summed E-state index contributed by atoms with van der Waals surface area (Å²) in [6.45, 7) is 5.19. The minimum absolute atomic E-state index is 0.204. The topological polar surface area (TPSA) is 49.0 Å². The van der Waals surface area contributed by atoms with Gasteiger partial charge in [-0.1, -0.05) is 25.4 Å². The number of anilines is 1. The summed E-state index contributed by atoms with van der Waals surface area (Å²) >= 11 is 6.00. The summed E-state index contributed by atoms with van der Waals surface area (Å²) in [6.07, 6.45) is 3.74. The lowest BCUT2D eigenvalue weighted by Crippen LogP contribution is -2.32. The standard InChI is InChI=1S/C11H16ClN3O/c1-7(2)5-15(8-3-4-8)10-9(12)11(16)14-6-13-10/h6-8H,3-5H2,1-2H3,(H,13,14,16). The van der Waals surface area contributed by atoms with E-state index < -0.39 is 0 Å². The van der Waals surface area contributed by atoms with Crippen molar-refractivity contribution in [2.45, 2.75) is 32.7 Å². The van der Waals surface area contributed by atoms with Gasteiger partial charge in [0.2, 0.25) is 0 Å². The van der Waals surface area contributed by atoms with Gasteiger partial charge in [-0.05, 0) is 18.8 Å². The minimum atomic E-state index is -0.263. The first kappa shape index (κ1) is 11.5. The molecule has 0 spiro atoms. The van der Waals surface area contributed by atoms with Crippen LogP contribution in [0.1, 0.15) is 26.7 Å². The highest BCUT2D eigenvalue weighted by atomic mass is 35.5. The molecular weight excluding hydrogens is 226 g/mol. The van der Waals surface area contributed by atoms with Crippen molar-refractivity contribution in [2.24, 2.45) is 5.92 Å². The molecule has 1 aliphatic carbocycles. The van der Waals surface area contributed by atoms with Crippen LogP contribution in [0.25, 0.3) is 0 Å². The number of H-pyrrole nitrogens is 1. The van der Waals surface area contributed by atoms with E-state index in [1.54, 1.807) is 0 Å². The molecule has 0 atom stereocenters. The van der Waals surface area contributed by atoms with Gasteiger partial charge in [0.25, 0.3) is 5.56 Å². The van der Waals surface area contributed by atoms with E-state index in [4.69, 9.17) is 11.6 Å². The number of aromatic nitrogens is 2. The van der Waals surface area contributed by atoms with E-state index in [1.165, 1.54) is 6.33 Å². The highest BCUT2D eigenvalue weighted by Gasteiger charge is 2.31. The Kier molecular flexibility index (Phi) is 3.19. The van der Waals surface area contributed by atoms with Gasteiger partial charge in [-0.15, -0.1) is 0 Å². The molecule has 0 unspecified atom stereocenters. The number of nitrogens with zero attached hydrogens (tertiary/aromatic N) is 2. The van der Waals surface area contributed by atoms with E-state index >= 15 is 0 Å². The number of hydrogen-bond donors (Lipinski definition) is 1. The first-order valence-corrected chi connectivity index (χ1v) is 5.97. The highest BCUT2D eigenvalue weighted by molar-refractivity contribution is 6.32. The molecule has 1 saturated carbocycles.